The zero-order valence-corrected chi connectivity index (χ0v) is 21.0. The maximum absolute atomic E-state index is 14.1. The van der Waals surface area contributed by atoms with Crippen molar-refractivity contribution in [3.05, 3.63) is 92.2 Å². The molecule has 176 valence electrons. The third-order valence-electron chi connectivity index (χ3n) is 5.54. The van der Waals surface area contributed by atoms with Crippen LogP contribution in [0.25, 0.3) is 0 Å². The molecule has 0 aromatic heterocycles. The van der Waals surface area contributed by atoms with Gasteiger partial charge in [-0.3, -0.25) is 9.59 Å². The molecule has 1 amide bonds. The first-order valence-electron chi connectivity index (χ1n) is 9.98. The summed E-state index contributed by atoms with van der Waals surface area (Å²) in [6.45, 7) is 0. The lowest BCUT2D eigenvalue weighted by atomic mass is 10.0. The predicted molar refractivity (Wildman–Crippen MR) is 136 cm³/mol. The number of anilines is 2. The van der Waals surface area contributed by atoms with E-state index >= 15 is 0 Å². The summed E-state index contributed by atoms with van der Waals surface area (Å²) in [7, 11) is 0. The van der Waals surface area contributed by atoms with Gasteiger partial charge in [0.25, 0.3) is 0 Å². The minimum absolute atomic E-state index is 0.123. The Labute approximate surface area is 220 Å². The van der Waals surface area contributed by atoms with Crippen LogP contribution in [0, 0.1) is 11.7 Å². The van der Waals surface area contributed by atoms with Crippen molar-refractivity contribution in [3.63, 3.8) is 0 Å². The Morgan fingerprint density at radius 2 is 1.65 bits per heavy atom. The minimum atomic E-state index is -1.35. The van der Waals surface area contributed by atoms with Crippen molar-refractivity contribution in [2.24, 2.45) is 5.92 Å². The lowest BCUT2D eigenvalue weighted by Gasteiger charge is -2.10. The molecule has 1 aliphatic carbocycles. The number of nitrogens with two attached hydrogens (primary N) is 1. The molecule has 0 saturated heterocycles. The fourth-order valence-corrected chi connectivity index (χ4v) is 5.45. The third-order valence-corrected chi connectivity index (χ3v) is 7.24. The molecule has 4 nitrogen and oxygen atoms in total. The number of carbonyl (C=O) groups excluding carboxylic acids is 2. The van der Waals surface area contributed by atoms with E-state index in [1.807, 2.05) is 0 Å². The van der Waals surface area contributed by atoms with Gasteiger partial charge in [-0.25, -0.2) is 4.39 Å². The van der Waals surface area contributed by atoms with Gasteiger partial charge in [-0.1, -0.05) is 34.8 Å². The van der Waals surface area contributed by atoms with Crippen LogP contribution in [0.2, 0.25) is 15.1 Å². The third kappa shape index (κ3) is 5.14. The van der Waals surface area contributed by atoms with E-state index in [1.165, 1.54) is 36.4 Å². The van der Waals surface area contributed by atoms with E-state index in [0.717, 1.165) is 0 Å². The minimum Gasteiger partial charge on any atom is -0.399 e. The maximum atomic E-state index is 14.1. The molecule has 3 aromatic carbocycles. The second kappa shape index (κ2) is 9.56. The molecule has 0 heterocycles. The summed E-state index contributed by atoms with van der Waals surface area (Å²) in [6, 6.07) is 13.3. The fourth-order valence-electron chi connectivity index (χ4n) is 3.86. The van der Waals surface area contributed by atoms with Gasteiger partial charge in [0.05, 0.1) is 10.9 Å². The molecule has 1 saturated carbocycles. The van der Waals surface area contributed by atoms with Gasteiger partial charge in [-0.2, -0.15) is 0 Å². The van der Waals surface area contributed by atoms with Gasteiger partial charge in [-0.15, -0.1) is 23.2 Å². The number of nitrogens with one attached hydrogen (secondary N) is 1. The molecule has 1 aliphatic rings. The first-order chi connectivity index (χ1) is 16.0. The van der Waals surface area contributed by atoms with E-state index < -0.39 is 33.7 Å². The zero-order chi connectivity index (χ0) is 24.8. The summed E-state index contributed by atoms with van der Waals surface area (Å²) in [6.07, 6.45) is -0.249. The van der Waals surface area contributed by atoms with Gasteiger partial charge in [0.1, 0.15) is 10.2 Å². The first kappa shape index (κ1) is 25.1. The zero-order valence-electron chi connectivity index (χ0n) is 17.2. The second-order valence-electron chi connectivity index (χ2n) is 7.97. The molecule has 34 heavy (non-hydrogen) atoms. The van der Waals surface area contributed by atoms with Crippen LogP contribution in [-0.4, -0.2) is 16.0 Å². The lowest BCUT2D eigenvalue weighted by molar-refractivity contribution is -0.117. The van der Waals surface area contributed by atoms with Crippen LogP contribution in [0.15, 0.2) is 54.6 Å². The van der Waals surface area contributed by atoms with Gasteiger partial charge in [-0.05, 0) is 65.7 Å². The normalized spacial score (nSPS) is 18.4. The quantitative estimate of drug-likeness (QED) is 0.189. The van der Waals surface area contributed by atoms with Crippen molar-refractivity contribution in [1.29, 1.82) is 0 Å². The first-order valence-corrected chi connectivity index (χ1v) is 11.9. The molecule has 0 unspecified atom stereocenters. The Balaban J connectivity index is 1.52. The Kier molecular flexibility index (Phi) is 7.05. The smallest absolute Gasteiger partial charge is 0.231 e. The van der Waals surface area contributed by atoms with Gasteiger partial charge in [0.15, 0.2) is 5.78 Å². The van der Waals surface area contributed by atoms with Crippen LogP contribution < -0.4 is 11.1 Å². The van der Waals surface area contributed by atoms with E-state index in [2.05, 4.69) is 5.32 Å². The average Bonchev–Trinajstić information content (AvgIpc) is 3.33. The molecule has 3 aromatic rings. The molecule has 0 aliphatic heterocycles. The number of amides is 1. The number of ketones is 1. The van der Waals surface area contributed by atoms with E-state index in [9.17, 15) is 14.0 Å². The highest BCUT2D eigenvalue weighted by Gasteiger charge is 2.67. The van der Waals surface area contributed by atoms with Crippen LogP contribution in [0.3, 0.4) is 0 Å². The number of hydrogen-bond donors (Lipinski definition) is 2. The molecule has 10 heteroatoms. The second-order valence-corrected chi connectivity index (χ2v) is 10.7. The molecule has 2 atom stereocenters. The summed E-state index contributed by atoms with van der Waals surface area (Å²) < 4.78 is 12.7. The van der Waals surface area contributed by atoms with Crippen LogP contribution in [-0.2, 0) is 11.2 Å². The molecule has 4 rings (SSSR count). The molecule has 3 N–H and O–H groups in total. The summed E-state index contributed by atoms with van der Waals surface area (Å²) in [4.78, 5) is 25.8. The van der Waals surface area contributed by atoms with E-state index in [4.69, 9.17) is 63.7 Å². The Hall–Kier alpha value is -2.02. The van der Waals surface area contributed by atoms with Crippen molar-refractivity contribution < 1.29 is 14.0 Å². The largest absolute Gasteiger partial charge is 0.399 e. The number of carbonyl (C=O) groups is 2. The van der Waals surface area contributed by atoms with Crippen molar-refractivity contribution in [2.75, 3.05) is 11.1 Å². The molecular weight excluding hydrogens is 545 g/mol. The molecule has 0 radical (unpaired) electrons. The highest BCUT2D eigenvalue weighted by atomic mass is 35.5. The Bertz CT molecular complexity index is 1290. The Morgan fingerprint density at radius 1 is 0.971 bits per heavy atom. The standard InChI is InChI=1S/C24H16Cl5FN2O2/c25-13-5-12(6-14(26)9-13)21-22(24(21,28)29)23(34)32-16-2-3-18(27)17(10-16)20(33)8-11-7-15(31)1-4-19(11)30/h1-7,9-10,21-22H,8,31H2,(H,32,34)/t21-,22+/m0/s1. The van der Waals surface area contributed by atoms with Crippen LogP contribution in [0.4, 0.5) is 15.8 Å². The lowest BCUT2D eigenvalue weighted by Crippen LogP contribution is -2.17. The van der Waals surface area contributed by atoms with Crippen molar-refractivity contribution >= 4 is 81.1 Å². The van der Waals surface area contributed by atoms with E-state index in [1.54, 1.807) is 18.2 Å². The van der Waals surface area contributed by atoms with Crippen molar-refractivity contribution in [2.45, 2.75) is 16.7 Å². The molecule has 1 fully saturated rings. The van der Waals surface area contributed by atoms with Crippen molar-refractivity contribution in [1.82, 2.24) is 0 Å². The van der Waals surface area contributed by atoms with Gasteiger partial charge < -0.3 is 11.1 Å². The maximum Gasteiger partial charge on any atom is 0.231 e. The summed E-state index contributed by atoms with van der Waals surface area (Å²) in [5.41, 5.74) is 7.24. The van der Waals surface area contributed by atoms with Gasteiger partial charge >= 0.3 is 0 Å². The van der Waals surface area contributed by atoms with Gasteiger partial charge in [0.2, 0.25) is 5.91 Å². The van der Waals surface area contributed by atoms with Crippen LogP contribution in [0.1, 0.15) is 27.4 Å². The fraction of sp³-hybridized carbons (Fsp3) is 0.167. The molecule has 0 spiro atoms. The summed E-state index contributed by atoms with van der Waals surface area (Å²) >= 11 is 31.1. The number of alkyl halides is 2. The number of halogens is 6. The molecule has 0 bridgehead atoms. The van der Waals surface area contributed by atoms with Crippen molar-refractivity contribution in [3.8, 4) is 0 Å². The highest BCUT2D eigenvalue weighted by molar-refractivity contribution is 6.53. The van der Waals surface area contributed by atoms with E-state index in [0.29, 0.717) is 27.0 Å². The predicted octanol–water partition coefficient (Wildman–Crippen LogP) is 7.32. The SMILES string of the molecule is Nc1ccc(F)c(CC(=O)c2cc(NC(=O)[C@H]3[C@H](c4cc(Cl)cc(Cl)c4)C3(Cl)Cl)ccc2Cl)c1. The van der Waals surface area contributed by atoms with Crippen LogP contribution in [0.5, 0.6) is 0 Å². The Morgan fingerprint density at radius 3 is 2.32 bits per heavy atom. The topological polar surface area (TPSA) is 72.2 Å². The number of benzene rings is 3. The number of hydrogen-bond acceptors (Lipinski definition) is 3. The number of nitrogen functional groups attached to an aromatic ring is 1. The van der Waals surface area contributed by atoms with Gasteiger partial charge in [0, 0.05) is 39.3 Å². The number of rotatable bonds is 6. The highest BCUT2D eigenvalue weighted by Crippen LogP contribution is 2.65. The van der Waals surface area contributed by atoms with E-state index in [-0.39, 0.29) is 22.6 Å². The van der Waals surface area contributed by atoms with Crippen LogP contribution >= 0.6 is 58.0 Å². The number of Topliss-reactive ketones (excluding diaryl/α,β-unsaturated/α-hetero) is 1. The molecular formula is C24H16Cl5FN2O2. The summed E-state index contributed by atoms with van der Waals surface area (Å²) in [5, 5.41) is 3.67. The average molecular weight is 561 g/mol. The monoisotopic (exact) mass is 558 g/mol. The summed E-state index contributed by atoms with van der Waals surface area (Å²) in [5.74, 6) is -2.74.